The van der Waals surface area contributed by atoms with E-state index in [0.29, 0.717) is 68.2 Å². The third-order valence-corrected chi connectivity index (χ3v) is 18.2. The van der Waals surface area contributed by atoms with Gasteiger partial charge in [-0.3, -0.25) is 33.7 Å². The van der Waals surface area contributed by atoms with Gasteiger partial charge in [0.15, 0.2) is 58.2 Å². The Morgan fingerprint density at radius 1 is 0.445 bits per heavy atom. The van der Waals surface area contributed by atoms with Crippen LogP contribution in [-0.4, -0.2) is 130 Å². The van der Waals surface area contributed by atoms with E-state index < -0.39 is 64.1 Å². The van der Waals surface area contributed by atoms with Crippen LogP contribution in [0.25, 0.3) is 89.7 Å². The summed E-state index contributed by atoms with van der Waals surface area (Å²) in [5, 5.41) is 34.9. The number of halogens is 7. The van der Waals surface area contributed by atoms with Crippen molar-refractivity contribution in [1.82, 2.24) is 79.0 Å². The van der Waals surface area contributed by atoms with E-state index in [1.165, 1.54) is 73.1 Å². The first-order valence-corrected chi connectivity index (χ1v) is 35.9. The number of carbonyl (C=O) groups is 2. The molecule has 0 aliphatic heterocycles. The fourth-order valence-electron chi connectivity index (χ4n) is 12.6. The molecule has 0 spiro atoms. The molecule has 0 saturated carbocycles. The number of amides is 2. The standard InChI is InChI=1S/C22H23F2N7O.C21H20FN7O2.C20H18FN7O2.C18H11F3N4O/c1-22(2,32)11-27-17-19(25)28-21(29-20(17)26)16-13-7-5-9-15(24)18(13)31(30-16)10-12-6-3-4-8-14(12)23;1-28(21(30)31-2)17-18(23)25-20(26-19(17)24)15-13-9-6-10-14(22)16(13)29(27-15)11-12-7-4-3-5-8-12;1-30-20(29)24-15-17(22)25-19(26-18(15)23)14-12-8-5-9-13(21)16(12)28(27-14)10-11-6-3-2-4-7-11;19-12-6-2-1-4-10(12)9-25-16-11(5-3-7-13(16)20)15(24-25)17-22-8-14(21)18(26)23-17/h3-9,27,32H,10-11H2,1-2H3,(H4,25,26,28,29);3-10H,11H2,1-2H3,(H4,23,24,25,26);2-9H,10H2,1H3,(H,24,29)(H4,22,23,25,26);1-8H,9H2,(H,22,23,26). The van der Waals surface area contributed by atoms with E-state index in [-0.39, 0.29) is 117 Å². The van der Waals surface area contributed by atoms with Crippen molar-refractivity contribution in [3.8, 4) is 46.1 Å². The zero-order chi connectivity index (χ0) is 84.7. The number of aliphatic hydroxyl groups is 1. The van der Waals surface area contributed by atoms with E-state index in [9.17, 15) is 50.2 Å². The van der Waals surface area contributed by atoms with Gasteiger partial charge in [0, 0.05) is 46.3 Å². The minimum Gasteiger partial charge on any atom is -0.453 e. The third-order valence-electron chi connectivity index (χ3n) is 18.2. The van der Waals surface area contributed by atoms with Gasteiger partial charge in [0.1, 0.15) is 96.8 Å². The van der Waals surface area contributed by atoms with Crippen molar-refractivity contribution in [3.63, 3.8) is 0 Å². The number of aromatic nitrogens is 16. The van der Waals surface area contributed by atoms with Gasteiger partial charge in [-0.25, -0.2) is 70.8 Å². The monoisotopic (exact) mass is 1620 g/mol. The maximum Gasteiger partial charge on any atom is 0.413 e. The van der Waals surface area contributed by atoms with Crippen molar-refractivity contribution in [2.45, 2.75) is 45.6 Å². The molecule has 0 atom stereocenters. The predicted octanol–water partition coefficient (Wildman–Crippen LogP) is 12.5. The van der Waals surface area contributed by atoms with Crippen LogP contribution in [0.1, 0.15) is 36.1 Å². The number of para-hydroxylation sites is 4. The molecule has 0 bridgehead atoms. The number of nitrogens with one attached hydrogen (secondary N) is 3. The molecule has 119 heavy (non-hydrogen) atoms. The fourth-order valence-corrected chi connectivity index (χ4v) is 12.6. The van der Waals surface area contributed by atoms with Gasteiger partial charge < -0.3 is 59.3 Å². The number of methoxy groups -OCH3 is 2. The number of hydrogen-bond donors (Lipinski definition) is 10. The third kappa shape index (κ3) is 17.7. The van der Waals surface area contributed by atoms with E-state index in [2.05, 4.69) is 80.4 Å². The van der Waals surface area contributed by atoms with Crippen LogP contribution >= 0.6 is 0 Å². The fraction of sp³-hybridized carbons (Fsp3) is 0.136. The SMILES string of the molecule is CC(C)(O)CNc1c(N)nc(-c2nn(Cc3ccccc3F)c3c(F)cccc23)nc1N.COC(=O)N(C)c1c(N)nc(-c2nn(Cc3ccccc3)c3c(F)cccc23)nc1N.COC(=O)Nc1c(N)nc(-c2nn(Cc3ccccc3)c3c(F)cccc23)nc1N.O=c1[nH]c(-c2nn(Cc3ccccc3F)c3c(F)cccc23)ncc1F. The number of anilines is 9. The van der Waals surface area contributed by atoms with E-state index in [4.69, 9.17) is 34.4 Å². The molecule has 16 N–H and O–H groups in total. The highest BCUT2D eigenvalue weighted by Gasteiger charge is 2.28. The summed E-state index contributed by atoms with van der Waals surface area (Å²) in [4.78, 5) is 67.6. The number of H-pyrrole nitrogens is 1. The van der Waals surface area contributed by atoms with Crippen LogP contribution in [0.2, 0.25) is 0 Å². The Kier molecular flexibility index (Phi) is 23.7. The normalized spacial score (nSPS) is 11.2. The molecule has 0 saturated heterocycles. The lowest BCUT2D eigenvalue weighted by Crippen LogP contribution is -2.30. The Bertz CT molecular complexity index is 6490. The maximum absolute atomic E-state index is 14.7. The molecule has 606 valence electrons. The molecule has 0 unspecified atom stereocenters. The number of hydrogen-bond acceptors (Lipinski definition) is 24. The molecule has 0 aliphatic carbocycles. The Balaban J connectivity index is 0.000000138. The van der Waals surface area contributed by atoms with Gasteiger partial charge in [-0.05, 0) is 61.4 Å². The molecule has 0 aliphatic rings. The van der Waals surface area contributed by atoms with Crippen LogP contribution in [0.15, 0.2) is 193 Å². The molecule has 31 nitrogen and oxygen atoms in total. The summed E-state index contributed by atoms with van der Waals surface area (Å²) in [6, 6.07) is 49.6. The number of aromatic amines is 1. The van der Waals surface area contributed by atoms with Crippen molar-refractivity contribution in [2.75, 3.05) is 77.7 Å². The molecule has 0 radical (unpaired) electrons. The van der Waals surface area contributed by atoms with E-state index in [1.54, 1.807) is 102 Å². The van der Waals surface area contributed by atoms with Crippen LogP contribution in [0, 0.1) is 40.7 Å². The summed E-state index contributed by atoms with van der Waals surface area (Å²) >= 11 is 0. The molecular weight excluding hydrogens is 1550 g/mol. The molecule has 16 rings (SSSR count). The zero-order valence-electron chi connectivity index (χ0n) is 63.7. The van der Waals surface area contributed by atoms with Gasteiger partial charge in [-0.1, -0.05) is 146 Å². The van der Waals surface area contributed by atoms with Crippen molar-refractivity contribution in [2.24, 2.45) is 0 Å². The van der Waals surface area contributed by atoms with Crippen LogP contribution < -0.4 is 55.5 Å². The van der Waals surface area contributed by atoms with Gasteiger partial charge in [0.05, 0.1) is 52.2 Å². The Labute approximate surface area is 669 Å². The highest BCUT2D eigenvalue weighted by molar-refractivity contribution is 5.99. The lowest BCUT2D eigenvalue weighted by Gasteiger charge is -2.19. The highest BCUT2D eigenvalue weighted by Crippen LogP contribution is 2.38. The number of nitrogens with zero attached hydrogens (tertiary/aromatic N) is 16. The van der Waals surface area contributed by atoms with Crippen LogP contribution in [-0.2, 0) is 35.7 Å². The summed E-state index contributed by atoms with van der Waals surface area (Å²) in [6.45, 7) is 4.14. The molecule has 8 aromatic carbocycles. The van der Waals surface area contributed by atoms with Crippen LogP contribution in [0.4, 0.5) is 92.3 Å². The van der Waals surface area contributed by atoms with Gasteiger partial charge in [0.2, 0.25) is 5.82 Å². The first kappa shape index (κ1) is 81.4. The van der Waals surface area contributed by atoms with Crippen molar-refractivity contribution in [1.29, 1.82) is 0 Å². The Hall–Kier alpha value is -15.6. The topological polar surface area (TPSA) is 451 Å². The number of carbonyl (C=O) groups excluding carboxylic acids is 2. The summed E-state index contributed by atoms with van der Waals surface area (Å²) in [7, 11) is 3.88. The number of fused-ring (bicyclic) bond motifs is 4. The Morgan fingerprint density at radius 3 is 1.16 bits per heavy atom. The summed E-state index contributed by atoms with van der Waals surface area (Å²) in [6.07, 6.45) is -0.659. The smallest absolute Gasteiger partial charge is 0.413 e. The average Bonchev–Trinajstić information content (AvgIpc) is 1.64. The predicted molar refractivity (Wildman–Crippen MR) is 436 cm³/mol. The van der Waals surface area contributed by atoms with E-state index >= 15 is 0 Å². The van der Waals surface area contributed by atoms with Crippen molar-refractivity contribution in [3.05, 3.63) is 262 Å². The lowest BCUT2D eigenvalue weighted by molar-refractivity contribution is 0.0945. The summed E-state index contributed by atoms with van der Waals surface area (Å²) in [5.41, 5.74) is 39.3. The molecule has 38 heteroatoms. The first-order valence-electron chi connectivity index (χ1n) is 35.9. The number of nitrogen functional groups attached to an aromatic ring is 6. The second-order valence-electron chi connectivity index (χ2n) is 27.0. The zero-order valence-corrected chi connectivity index (χ0v) is 63.7. The van der Waals surface area contributed by atoms with Gasteiger partial charge >= 0.3 is 12.2 Å². The molecule has 16 aromatic rings. The van der Waals surface area contributed by atoms with Crippen molar-refractivity contribution >= 4 is 108 Å². The first-order chi connectivity index (χ1) is 57.1. The highest BCUT2D eigenvalue weighted by atomic mass is 19.2. The number of rotatable bonds is 17. The van der Waals surface area contributed by atoms with E-state index in [0.717, 1.165) is 22.2 Å². The maximum atomic E-state index is 14.7. The van der Waals surface area contributed by atoms with Crippen LogP contribution in [0.3, 0.4) is 0 Å². The van der Waals surface area contributed by atoms with Gasteiger partial charge in [-0.2, -0.15) is 24.8 Å². The minimum atomic E-state index is -1.03. The summed E-state index contributed by atoms with van der Waals surface area (Å²) in [5.74, 6) is -3.52. The molecular formula is C81H72F7N25O6. The molecule has 2 amide bonds. The Morgan fingerprint density at radius 2 is 0.790 bits per heavy atom. The lowest BCUT2D eigenvalue weighted by atomic mass is 10.1. The molecule has 8 aromatic heterocycles. The summed E-state index contributed by atoms with van der Waals surface area (Å²) < 4.78 is 115. The largest absolute Gasteiger partial charge is 0.453 e. The van der Waals surface area contributed by atoms with Crippen molar-refractivity contribution < 1.29 is 54.9 Å². The number of nitrogens with two attached hydrogens (primary N) is 6. The van der Waals surface area contributed by atoms with Gasteiger partial charge in [0.25, 0.3) is 5.56 Å². The average molecular weight is 1620 g/mol. The number of benzene rings is 8. The second-order valence-corrected chi connectivity index (χ2v) is 27.0. The minimum absolute atomic E-state index is 0.000663. The molecule has 0 fully saturated rings. The quantitative estimate of drug-likeness (QED) is 0.0379. The number of ether oxygens (including phenoxy) is 2. The van der Waals surface area contributed by atoms with Crippen LogP contribution in [0.5, 0.6) is 0 Å². The van der Waals surface area contributed by atoms with E-state index in [1.807, 2.05) is 60.7 Å². The van der Waals surface area contributed by atoms with Gasteiger partial charge in [-0.15, -0.1) is 0 Å². The molecule has 8 heterocycles. The second kappa shape index (κ2) is 34.6.